The molecule has 3 nitrogen and oxygen atoms in total. The van der Waals surface area contributed by atoms with E-state index in [2.05, 4.69) is 81.6 Å². The minimum absolute atomic E-state index is 0.232. The molecule has 2 aliphatic carbocycles. The number of hydrogen-bond acceptors (Lipinski definition) is 3. The van der Waals surface area contributed by atoms with Crippen LogP contribution in [-0.2, 0) is 8.85 Å². The summed E-state index contributed by atoms with van der Waals surface area (Å²) < 4.78 is 13.9. The van der Waals surface area contributed by atoms with Crippen molar-refractivity contribution in [3.8, 4) is 0 Å². The van der Waals surface area contributed by atoms with Gasteiger partial charge in [0, 0.05) is 12.7 Å². The number of rotatable bonds is 11. The van der Waals surface area contributed by atoms with Gasteiger partial charge >= 0.3 is 0 Å². The maximum atomic E-state index is 10.5. The molecule has 2 aliphatic rings. The molecule has 0 aromatic carbocycles. The second kappa shape index (κ2) is 11.3. The molecule has 2 fully saturated rings. The molecule has 0 aliphatic heterocycles. The molecule has 0 saturated heterocycles. The third-order valence-electron chi connectivity index (χ3n) is 11.6. The summed E-state index contributed by atoms with van der Waals surface area (Å²) in [5, 5.41) is 11.0. The van der Waals surface area contributed by atoms with Crippen LogP contribution in [0, 0.1) is 22.7 Å². The number of hydrogen-bond donors (Lipinski definition) is 1. The zero-order valence-corrected chi connectivity index (χ0v) is 29.6. The Morgan fingerprint density at radius 2 is 1.35 bits per heavy atom. The molecule has 37 heavy (non-hydrogen) atoms. The highest BCUT2D eigenvalue weighted by molar-refractivity contribution is 6.74. The topological polar surface area (TPSA) is 38.7 Å². The van der Waals surface area contributed by atoms with Gasteiger partial charge in [-0.15, -0.1) is 0 Å². The fourth-order valence-corrected chi connectivity index (χ4v) is 9.55. The molecule has 220 valence electrons. The van der Waals surface area contributed by atoms with E-state index in [0.717, 1.165) is 25.9 Å². The second-order valence-electron chi connectivity index (χ2n) is 17.2. The molecule has 0 aromatic rings. The summed E-state index contributed by atoms with van der Waals surface area (Å²) in [4.78, 5) is 0. The number of fused-ring (bicyclic) bond motifs is 1. The van der Waals surface area contributed by atoms with Crippen molar-refractivity contribution < 1.29 is 14.0 Å². The van der Waals surface area contributed by atoms with Crippen molar-refractivity contribution in [1.82, 2.24) is 0 Å². The highest BCUT2D eigenvalue weighted by Gasteiger charge is 2.57. The average Bonchev–Trinajstić information content (AvgIpc) is 3.03. The van der Waals surface area contributed by atoms with Crippen LogP contribution in [0.5, 0.6) is 0 Å². The summed E-state index contributed by atoms with van der Waals surface area (Å²) in [5.41, 5.74) is -0.0185. The van der Waals surface area contributed by atoms with E-state index in [0.29, 0.717) is 23.4 Å². The lowest BCUT2D eigenvalue weighted by Gasteiger charge is -2.53. The predicted octanol–water partition coefficient (Wildman–Crippen LogP) is 9.95. The molecule has 0 amide bonds. The smallest absolute Gasteiger partial charge is 0.192 e. The zero-order chi connectivity index (χ0) is 28.7. The summed E-state index contributed by atoms with van der Waals surface area (Å²) in [6, 6.07) is 0. The van der Waals surface area contributed by atoms with Gasteiger partial charge in [-0.3, -0.25) is 0 Å². The van der Waals surface area contributed by atoms with E-state index in [1.165, 1.54) is 38.5 Å². The van der Waals surface area contributed by atoms with Gasteiger partial charge in [0.1, 0.15) is 0 Å². The monoisotopic (exact) mass is 554 g/mol. The maximum absolute atomic E-state index is 10.5. The average molecular weight is 555 g/mol. The van der Waals surface area contributed by atoms with Gasteiger partial charge in [-0.1, -0.05) is 68.2 Å². The van der Waals surface area contributed by atoms with Crippen molar-refractivity contribution in [3.63, 3.8) is 0 Å². The first-order valence-electron chi connectivity index (χ1n) is 15.5. The Morgan fingerprint density at radius 3 is 1.86 bits per heavy atom. The summed E-state index contributed by atoms with van der Waals surface area (Å²) in [6.45, 7) is 33.8. The van der Waals surface area contributed by atoms with Gasteiger partial charge in [0.15, 0.2) is 16.6 Å². The zero-order valence-electron chi connectivity index (χ0n) is 27.6. The fraction of sp³-hybridized carbons (Fsp3) is 1.00. The summed E-state index contributed by atoms with van der Waals surface area (Å²) in [7, 11) is -3.57. The molecule has 0 aromatic heterocycles. The Bertz CT molecular complexity index is 743. The lowest BCUT2D eigenvalue weighted by molar-refractivity contribution is -0.0508. The van der Waals surface area contributed by atoms with Crippen LogP contribution in [0.4, 0.5) is 0 Å². The quantitative estimate of drug-likeness (QED) is 0.258. The lowest BCUT2D eigenvalue weighted by atomic mass is 9.56. The Hall–Kier alpha value is 0.314. The van der Waals surface area contributed by atoms with E-state index < -0.39 is 22.2 Å². The second-order valence-corrected chi connectivity index (χ2v) is 26.8. The van der Waals surface area contributed by atoms with E-state index in [1.807, 2.05) is 13.8 Å². The third kappa shape index (κ3) is 7.95. The third-order valence-corrected chi connectivity index (χ3v) is 20.7. The maximum Gasteiger partial charge on any atom is 0.192 e. The SMILES string of the molecule is CC(C)(O)CCCC(C)(CCO[Si](C)(C)C(C)(C)C)[C@H]1CCC2[C@@H](O[Si](C)(C)C(C)(C)C)CCC[C@@]21C. The fourth-order valence-electron chi connectivity index (χ4n) is 7.11. The highest BCUT2D eigenvalue weighted by atomic mass is 28.4. The normalized spacial score (nSPS) is 29.8. The molecule has 2 saturated carbocycles. The molecular weight excluding hydrogens is 489 g/mol. The molecule has 0 bridgehead atoms. The predicted molar refractivity (Wildman–Crippen MR) is 166 cm³/mol. The van der Waals surface area contributed by atoms with Crippen LogP contribution in [0.1, 0.15) is 127 Å². The Kier molecular flexibility index (Phi) is 10.2. The highest BCUT2D eigenvalue weighted by Crippen LogP contribution is 2.63. The molecule has 0 spiro atoms. The van der Waals surface area contributed by atoms with Crippen molar-refractivity contribution in [2.24, 2.45) is 22.7 Å². The van der Waals surface area contributed by atoms with Gasteiger partial charge in [0.2, 0.25) is 0 Å². The molecule has 1 N–H and O–H groups in total. The minimum Gasteiger partial charge on any atom is -0.417 e. The van der Waals surface area contributed by atoms with Crippen LogP contribution in [0.15, 0.2) is 0 Å². The first-order valence-corrected chi connectivity index (χ1v) is 21.3. The van der Waals surface area contributed by atoms with E-state index in [9.17, 15) is 5.11 Å². The standard InChI is InChI=1S/C32H66O3Si2/c1-28(2,3)36(11,12)34-24-23-31(9,21-16-20-30(7,8)33)27-19-18-25-26(17-15-22-32(25,27)10)35-37(13,14)29(4,5)6/h25-27,33H,15-24H2,1-14H3/t25?,26-,27+,31?,32-/m0/s1. The van der Waals surface area contributed by atoms with Gasteiger partial charge in [-0.25, -0.2) is 0 Å². The van der Waals surface area contributed by atoms with Crippen molar-refractivity contribution in [2.45, 2.75) is 175 Å². The Balaban J connectivity index is 2.28. The van der Waals surface area contributed by atoms with Crippen molar-refractivity contribution in [2.75, 3.05) is 6.61 Å². The summed E-state index contributed by atoms with van der Waals surface area (Å²) >= 11 is 0. The number of aliphatic hydroxyl groups is 1. The van der Waals surface area contributed by atoms with Crippen LogP contribution >= 0.6 is 0 Å². The largest absolute Gasteiger partial charge is 0.417 e. The van der Waals surface area contributed by atoms with Crippen molar-refractivity contribution >= 4 is 16.6 Å². The van der Waals surface area contributed by atoms with Crippen LogP contribution in [0.2, 0.25) is 36.3 Å². The van der Waals surface area contributed by atoms with Crippen LogP contribution in [-0.4, -0.2) is 40.1 Å². The Morgan fingerprint density at radius 1 is 0.784 bits per heavy atom. The first kappa shape index (κ1) is 33.5. The molecule has 5 atom stereocenters. The van der Waals surface area contributed by atoms with Gasteiger partial charge < -0.3 is 14.0 Å². The van der Waals surface area contributed by atoms with Crippen molar-refractivity contribution in [3.05, 3.63) is 0 Å². The van der Waals surface area contributed by atoms with Crippen LogP contribution in [0.25, 0.3) is 0 Å². The Labute approximate surface area is 234 Å². The van der Waals surface area contributed by atoms with E-state index in [1.54, 1.807) is 0 Å². The molecule has 2 unspecified atom stereocenters. The van der Waals surface area contributed by atoms with Gasteiger partial charge in [0.05, 0.1) is 5.60 Å². The molecule has 2 rings (SSSR count). The molecule has 0 heterocycles. The molecular formula is C32H66O3Si2. The first-order chi connectivity index (χ1) is 16.5. The lowest BCUT2D eigenvalue weighted by Crippen LogP contribution is -2.51. The van der Waals surface area contributed by atoms with Crippen LogP contribution in [0.3, 0.4) is 0 Å². The van der Waals surface area contributed by atoms with Gasteiger partial charge in [0.25, 0.3) is 0 Å². The summed E-state index contributed by atoms with van der Waals surface area (Å²) in [6.07, 6.45) is 11.2. The van der Waals surface area contributed by atoms with Crippen LogP contribution < -0.4 is 0 Å². The van der Waals surface area contributed by atoms with Gasteiger partial charge in [-0.05, 0) is 118 Å². The van der Waals surface area contributed by atoms with E-state index in [4.69, 9.17) is 8.85 Å². The van der Waals surface area contributed by atoms with Crippen molar-refractivity contribution in [1.29, 1.82) is 0 Å². The molecule has 0 radical (unpaired) electrons. The molecule has 5 heteroatoms. The van der Waals surface area contributed by atoms with E-state index >= 15 is 0 Å². The van der Waals surface area contributed by atoms with Gasteiger partial charge in [-0.2, -0.15) is 0 Å². The van der Waals surface area contributed by atoms with E-state index in [-0.39, 0.29) is 15.5 Å². The minimum atomic E-state index is -1.80. The summed E-state index contributed by atoms with van der Waals surface area (Å²) in [5.74, 6) is 1.37.